The summed E-state index contributed by atoms with van der Waals surface area (Å²) in [7, 11) is 0. The molecule has 0 N–H and O–H groups in total. The Kier molecular flexibility index (Phi) is 6.74. The Hall–Kier alpha value is -3.21. The SMILES string of the molecule is CCN(C(=O)c1ccc(Cl)cc1-n1nccn1)C(C)COc1cnc(C(F)(F)F)cn1. The molecule has 1 unspecified atom stereocenters. The maximum absolute atomic E-state index is 13.2. The van der Waals surface area contributed by atoms with Gasteiger partial charge in [-0.2, -0.15) is 28.2 Å². The zero-order valence-corrected chi connectivity index (χ0v) is 17.3. The number of aromatic nitrogens is 5. The predicted octanol–water partition coefficient (Wildman–Crippen LogP) is 3.66. The molecule has 1 atom stereocenters. The first-order valence-corrected chi connectivity index (χ1v) is 9.57. The highest BCUT2D eigenvalue weighted by Gasteiger charge is 2.33. The van der Waals surface area contributed by atoms with Gasteiger partial charge in [0.05, 0.1) is 42.1 Å². The van der Waals surface area contributed by atoms with Crippen molar-refractivity contribution < 1.29 is 22.7 Å². The molecule has 0 saturated heterocycles. The Bertz CT molecular complexity index is 1030. The lowest BCUT2D eigenvalue weighted by atomic mass is 10.1. The van der Waals surface area contributed by atoms with E-state index in [9.17, 15) is 18.0 Å². The number of hydrogen-bond acceptors (Lipinski definition) is 6. The Morgan fingerprint density at radius 1 is 1.23 bits per heavy atom. The first kappa shape index (κ1) is 22.5. The van der Waals surface area contributed by atoms with E-state index >= 15 is 0 Å². The van der Waals surface area contributed by atoms with Crippen LogP contribution in [0.2, 0.25) is 5.02 Å². The predicted molar refractivity (Wildman–Crippen MR) is 105 cm³/mol. The number of nitrogens with zero attached hydrogens (tertiary/aromatic N) is 6. The smallest absolute Gasteiger partial charge is 0.434 e. The molecule has 2 aromatic heterocycles. The molecule has 1 amide bonds. The van der Waals surface area contributed by atoms with E-state index in [0.29, 0.717) is 29.0 Å². The maximum Gasteiger partial charge on any atom is 0.434 e. The van der Waals surface area contributed by atoms with Crippen LogP contribution in [0, 0.1) is 0 Å². The van der Waals surface area contributed by atoms with Gasteiger partial charge in [-0.05, 0) is 32.0 Å². The van der Waals surface area contributed by atoms with Gasteiger partial charge in [0, 0.05) is 11.6 Å². The molecule has 1 aromatic carbocycles. The summed E-state index contributed by atoms with van der Waals surface area (Å²) < 4.78 is 43.2. The van der Waals surface area contributed by atoms with Gasteiger partial charge in [0.2, 0.25) is 5.88 Å². The molecule has 0 bridgehead atoms. The van der Waals surface area contributed by atoms with Crippen LogP contribution in [0.3, 0.4) is 0 Å². The van der Waals surface area contributed by atoms with E-state index in [1.807, 2.05) is 0 Å². The average molecular weight is 455 g/mol. The molecule has 0 spiro atoms. The van der Waals surface area contributed by atoms with Crippen molar-refractivity contribution >= 4 is 17.5 Å². The molecule has 3 aromatic rings. The molecule has 3 rings (SSSR count). The number of ether oxygens (including phenoxy) is 1. The summed E-state index contributed by atoms with van der Waals surface area (Å²) in [5, 5.41) is 8.53. The van der Waals surface area contributed by atoms with Gasteiger partial charge in [-0.15, -0.1) is 0 Å². The molecule has 31 heavy (non-hydrogen) atoms. The molecular weight excluding hydrogens is 437 g/mol. The molecular formula is C19H18ClF3N6O2. The van der Waals surface area contributed by atoms with E-state index in [1.165, 1.54) is 17.2 Å². The van der Waals surface area contributed by atoms with E-state index in [0.717, 1.165) is 6.20 Å². The molecule has 0 fully saturated rings. The van der Waals surface area contributed by atoms with Crippen LogP contribution in [-0.2, 0) is 6.18 Å². The third-order valence-corrected chi connectivity index (χ3v) is 4.58. The van der Waals surface area contributed by atoms with Gasteiger partial charge in [0.25, 0.3) is 5.91 Å². The van der Waals surface area contributed by atoms with Crippen molar-refractivity contribution in [3.63, 3.8) is 0 Å². The van der Waals surface area contributed by atoms with E-state index in [2.05, 4.69) is 20.2 Å². The summed E-state index contributed by atoms with van der Waals surface area (Å²) >= 11 is 6.07. The second kappa shape index (κ2) is 9.29. The van der Waals surface area contributed by atoms with Crippen LogP contribution in [0.15, 0.2) is 43.0 Å². The Balaban J connectivity index is 1.74. The first-order chi connectivity index (χ1) is 14.7. The minimum absolute atomic E-state index is 0.00255. The Labute approximate surface area is 180 Å². The number of alkyl halides is 3. The summed E-state index contributed by atoms with van der Waals surface area (Å²) in [5.41, 5.74) is -0.355. The van der Waals surface area contributed by atoms with Crippen LogP contribution < -0.4 is 4.74 Å². The normalized spacial score (nSPS) is 12.5. The topological polar surface area (TPSA) is 86.0 Å². The molecule has 0 saturated carbocycles. The number of carbonyl (C=O) groups is 1. The van der Waals surface area contributed by atoms with Crippen LogP contribution in [0.1, 0.15) is 29.9 Å². The third kappa shape index (κ3) is 5.29. The van der Waals surface area contributed by atoms with Crippen LogP contribution in [-0.4, -0.2) is 55.0 Å². The summed E-state index contributed by atoms with van der Waals surface area (Å²) in [4.78, 5) is 23.0. The van der Waals surface area contributed by atoms with E-state index in [1.54, 1.807) is 36.9 Å². The minimum Gasteiger partial charge on any atom is -0.474 e. The van der Waals surface area contributed by atoms with Gasteiger partial charge < -0.3 is 9.64 Å². The Morgan fingerprint density at radius 2 is 1.94 bits per heavy atom. The molecule has 8 nitrogen and oxygen atoms in total. The summed E-state index contributed by atoms with van der Waals surface area (Å²) in [6.07, 6.45) is -0.124. The summed E-state index contributed by atoms with van der Waals surface area (Å²) in [5.74, 6) is -0.377. The molecule has 0 aliphatic carbocycles. The van der Waals surface area contributed by atoms with Gasteiger partial charge in [-0.1, -0.05) is 11.6 Å². The van der Waals surface area contributed by atoms with Crippen molar-refractivity contribution in [2.45, 2.75) is 26.1 Å². The van der Waals surface area contributed by atoms with Crippen molar-refractivity contribution in [1.82, 2.24) is 29.9 Å². The summed E-state index contributed by atoms with van der Waals surface area (Å²) in [6, 6.07) is 4.34. The van der Waals surface area contributed by atoms with E-state index < -0.39 is 17.9 Å². The lowest BCUT2D eigenvalue weighted by molar-refractivity contribution is -0.141. The lowest BCUT2D eigenvalue weighted by Crippen LogP contribution is -2.42. The number of hydrogen-bond donors (Lipinski definition) is 0. The van der Waals surface area contributed by atoms with Gasteiger partial charge in [-0.3, -0.25) is 4.79 Å². The Morgan fingerprint density at radius 3 is 2.52 bits per heavy atom. The fourth-order valence-corrected chi connectivity index (χ4v) is 3.00. The first-order valence-electron chi connectivity index (χ1n) is 9.20. The highest BCUT2D eigenvalue weighted by Crippen LogP contribution is 2.27. The largest absolute Gasteiger partial charge is 0.474 e. The lowest BCUT2D eigenvalue weighted by Gasteiger charge is -2.28. The number of carbonyl (C=O) groups excluding carboxylic acids is 1. The fraction of sp³-hybridized carbons (Fsp3) is 0.316. The van der Waals surface area contributed by atoms with E-state index in [-0.39, 0.29) is 18.4 Å². The van der Waals surface area contributed by atoms with Crippen molar-refractivity contribution in [3.8, 4) is 11.6 Å². The maximum atomic E-state index is 13.2. The average Bonchev–Trinajstić information content (AvgIpc) is 3.27. The van der Waals surface area contributed by atoms with Crippen LogP contribution in [0.5, 0.6) is 5.88 Å². The van der Waals surface area contributed by atoms with Crippen LogP contribution >= 0.6 is 11.6 Å². The molecule has 164 valence electrons. The van der Waals surface area contributed by atoms with Crippen LogP contribution in [0.25, 0.3) is 5.69 Å². The fourth-order valence-electron chi connectivity index (χ4n) is 2.83. The second-order valence-corrected chi connectivity index (χ2v) is 6.91. The van der Waals surface area contributed by atoms with Gasteiger partial charge in [0.1, 0.15) is 6.61 Å². The van der Waals surface area contributed by atoms with E-state index in [4.69, 9.17) is 16.3 Å². The van der Waals surface area contributed by atoms with Crippen molar-refractivity contribution in [3.05, 3.63) is 59.3 Å². The number of rotatable bonds is 7. The third-order valence-electron chi connectivity index (χ3n) is 4.35. The van der Waals surface area contributed by atoms with Crippen molar-refractivity contribution in [1.29, 1.82) is 0 Å². The van der Waals surface area contributed by atoms with Gasteiger partial charge in [-0.25, -0.2) is 9.97 Å². The van der Waals surface area contributed by atoms with Crippen molar-refractivity contribution in [2.24, 2.45) is 0 Å². The number of likely N-dealkylation sites (N-methyl/N-ethyl adjacent to an activating group) is 1. The quantitative estimate of drug-likeness (QED) is 0.541. The standard InChI is InChI=1S/C19H18ClF3N6O2/c1-3-28(12(2)11-31-17-10-24-16(9-25-17)19(21,22)23)18(30)14-5-4-13(20)8-15(14)29-26-6-7-27-29/h4-10,12H,3,11H2,1-2H3. The number of halogens is 4. The highest BCUT2D eigenvalue weighted by molar-refractivity contribution is 6.31. The number of benzene rings is 1. The van der Waals surface area contributed by atoms with Crippen LogP contribution in [0.4, 0.5) is 13.2 Å². The molecule has 2 heterocycles. The molecule has 0 aliphatic rings. The zero-order valence-electron chi connectivity index (χ0n) is 16.5. The monoisotopic (exact) mass is 454 g/mol. The minimum atomic E-state index is -4.58. The highest BCUT2D eigenvalue weighted by atomic mass is 35.5. The second-order valence-electron chi connectivity index (χ2n) is 6.47. The van der Waals surface area contributed by atoms with Gasteiger partial charge >= 0.3 is 6.18 Å². The van der Waals surface area contributed by atoms with Crippen molar-refractivity contribution in [2.75, 3.05) is 13.2 Å². The number of amides is 1. The summed E-state index contributed by atoms with van der Waals surface area (Å²) in [6.45, 7) is 3.91. The molecule has 0 aliphatic heterocycles. The van der Waals surface area contributed by atoms with Gasteiger partial charge in [0.15, 0.2) is 5.69 Å². The molecule has 0 radical (unpaired) electrons. The molecule has 12 heteroatoms. The zero-order chi connectivity index (χ0) is 22.6.